The molecule has 8 aromatic carbocycles. The quantitative estimate of drug-likeness (QED) is 0.178. The van der Waals surface area contributed by atoms with Gasteiger partial charge in [0.1, 0.15) is 0 Å². The van der Waals surface area contributed by atoms with Gasteiger partial charge >= 0.3 is 0 Å². The fourth-order valence-corrected chi connectivity index (χ4v) is 9.85. The van der Waals surface area contributed by atoms with E-state index < -0.39 is 5.41 Å². The van der Waals surface area contributed by atoms with Gasteiger partial charge in [-0.1, -0.05) is 140 Å². The van der Waals surface area contributed by atoms with Gasteiger partial charge in [-0.05, 0) is 136 Å². The maximum Gasteiger partial charge on any atom is 0.0431 e. The van der Waals surface area contributed by atoms with Crippen LogP contribution in [-0.2, 0) is 5.41 Å². The van der Waals surface area contributed by atoms with Gasteiger partial charge in [0.15, 0.2) is 0 Å². The van der Waals surface area contributed by atoms with Crippen molar-refractivity contribution < 1.29 is 5.11 Å². The maximum absolute atomic E-state index is 10.2. The summed E-state index contributed by atoms with van der Waals surface area (Å²) in [6.45, 7) is 4.64. The molecule has 0 atom stereocenters. The van der Waals surface area contributed by atoms with Crippen molar-refractivity contribution in [2.75, 3.05) is 6.61 Å². The zero-order chi connectivity index (χ0) is 33.8. The summed E-state index contributed by atoms with van der Waals surface area (Å²) in [4.78, 5) is 0. The lowest BCUT2D eigenvalue weighted by atomic mass is 9.73. The first-order valence-electron chi connectivity index (χ1n) is 18.1. The third kappa shape index (κ3) is 3.74. The Balaban J connectivity index is 1.08. The molecule has 0 saturated heterocycles. The van der Waals surface area contributed by atoms with Gasteiger partial charge in [-0.25, -0.2) is 0 Å². The van der Waals surface area contributed by atoms with Crippen molar-refractivity contribution in [3.63, 3.8) is 0 Å². The van der Waals surface area contributed by atoms with Crippen LogP contribution in [0.5, 0.6) is 0 Å². The number of rotatable bonds is 6. The lowest BCUT2D eigenvalue weighted by molar-refractivity contribution is 0.276. The molecule has 3 aliphatic rings. The first kappa shape index (κ1) is 28.8. The molecule has 3 aliphatic carbocycles. The summed E-state index contributed by atoms with van der Waals surface area (Å²) in [7, 11) is 0. The van der Waals surface area contributed by atoms with E-state index in [0.29, 0.717) is 6.42 Å². The standard InChI is InChI=1S/C50H34O/c1-2-50(26-9-27-51)46-28-30(32-22-24-44-36-12-5-3-10-34(36)42-16-7-14-40(32)48(42)44)18-20-38(46)39-21-19-31(29-47(39)50)33-23-25-45-37-13-6-4-11-35(37)43-17-8-15-41(33)49(43)45/h2-8,10-25,28-29,51H,1,9,26-27H2. The number of aliphatic hydroxyl groups is 1. The molecule has 0 fully saturated rings. The van der Waals surface area contributed by atoms with E-state index in [1.165, 1.54) is 111 Å². The van der Waals surface area contributed by atoms with Crippen LogP contribution in [0.4, 0.5) is 0 Å². The second kappa shape index (κ2) is 10.5. The molecule has 0 heterocycles. The van der Waals surface area contributed by atoms with Gasteiger partial charge in [-0.2, -0.15) is 0 Å². The summed E-state index contributed by atoms with van der Waals surface area (Å²) < 4.78 is 0. The summed E-state index contributed by atoms with van der Waals surface area (Å²) in [6, 6.07) is 54.3. The van der Waals surface area contributed by atoms with Gasteiger partial charge in [-0.15, -0.1) is 6.58 Å². The summed E-state index contributed by atoms with van der Waals surface area (Å²) in [5.41, 5.74) is 20.1. The van der Waals surface area contributed by atoms with E-state index in [1.807, 2.05) is 0 Å². The average Bonchev–Trinajstić information content (AvgIpc) is 3.80. The highest BCUT2D eigenvalue weighted by Gasteiger charge is 2.41. The molecule has 0 amide bonds. The van der Waals surface area contributed by atoms with Crippen LogP contribution in [0.3, 0.4) is 0 Å². The molecule has 0 spiro atoms. The molecule has 0 bridgehead atoms. The summed E-state index contributed by atoms with van der Waals surface area (Å²) in [6.07, 6.45) is 3.63. The molecule has 1 heteroatoms. The van der Waals surface area contributed by atoms with Crippen molar-refractivity contribution >= 4 is 21.5 Å². The molecule has 0 saturated carbocycles. The van der Waals surface area contributed by atoms with Crippen molar-refractivity contribution in [2.45, 2.75) is 18.3 Å². The highest BCUT2D eigenvalue weighted by molar-refractivity contribution is 6.20. The number of allylic oxidation sites excluding steroid dienone is 1. The Kier molecular flexibility index (Phi) is 5.92. The molecular weight excluding hydrogens is 617 g/mol. The van der Waals surface area contributed by atoms with Gasteiger partial charge in [0.05, 0.1) is 0 Å². The zero-order valence-corrected chi connectivity index (χ0v) is 28.2. The van der Waals surface area contributed by atoms with Crippen LogP contribution in [-0.4, -0.2) is 11.7 Å². The molecule has 0 unspecified atom stereocenters. The Morgan fingerprint density at radius 3 is 1.25 bits per heavy atom. The lowest BCUT2D eigenvalue weighted by Gasteiger charge is -2.29. The zero-order valence-electron chi connectivity index (χ0n) is 28.2. The van der Waals surface area contributed by atoms with Gasteiger partial charge in [0.25, 0.3) is 0 Å². The van der Waals surface area contributed by atoms with Crippen LogP contribution in [0, 0.1) is 0 Å². The van der Waals surface area contributed by atoms with Crippen molar-refractivity contribution in [3.8, 4) is 77.9 Å². The molecule has 1 nitrogen and oxygen atoms in total. The van der Waals surface area contributed by atoms with Crippen molar-refractivity contribution in [1.29, 1.82) is 0 Å². The minimum absolute atomic E-state index is 0.143. The van der Waals surface area contributed by atoms with Gasteiger partial charge in [-0.3, -0.25) is 0 Å². The SMILES string of the molecule is C=CC1(CCCO)c2cc(-c3ccc4c5c(cccc35)-c3ccccc3-4)ccc2-c2ccc(-c3ccc4c5c(cccc35)-c3ccccc3-4)cc21. The number of aliphatic hydroxyl groups excluding tert-OH is 1. The predicted octanol–water partition coefficient (Wildman–Crippen LogP) is 12.8. The van der Waals surface area contributed by atoms with E-state index in [9.17, 15) is 5.11 Å². The fourth-order valence-electron chi connectivity index (χ4n) is 9.85. The summed E-state index contributed by atoms with van der Waals surface area (Å²) >= 11 is 0. The maximum atomic E-state index is 10.2. The van der Waals surface area contributed by atoms with E-state index in [2.05, 4.69) is 158 Å². The predicted molar refractivity (Wildman–Crippen MR) is 214 cm³/mol. The molecule has 240 valence electrons. The minimum atomic E-state index is -0.421. The minimum Gasteiger partial charge on any atom is -0.396 e. The Labute approximate surface area is 297 Å². The number of hydrogen-bond donors (Lipinski definition) is 1. The van der Waals surface area contributed by atoms with Crippen LogP contribution >= 0.6 is 0 Å². The number of hydrogen-bond acceptors (Lipinski definition) is 1. The van der Waals surface area contributed by atoms with Crippen LogP contribution in [0.2, 0.25) is 0 Å². The monoisotopic (exact) mass is 650 g/mol. The third-order valence-corrected chi connectivity index (χ3v) is 12.1. The lowest BCUT2D eigenvalue weighted by Crippen LogP contribution is -2.23. The molecule has 11 rings (SSSR count). The van der Waals surface area contributed by atoms with Gasteiger partial charge in [0.2, 0.25) is 0 Å². The molecule has 8 aromatic rings. The van der Waals surface area contributed by atoms with Crippen LogP contribution < -0.4 is 0 Å². The van der Waals surface area contributed by atoms with E-state index in [1.54, 1.807) is 0 Å². The van der Waals surface area contributed by atoms with Crippen molar-refractivity contribution in [1.82, 2.24) is 0 Å². The first-order valence-corrected chi connectivity index (χ1v) is 18.1. The van der Waals surface area contributed by atoms with Crippen LogP contribution in [0.1, 0.15) is 24.0 Å². The Bertz CT molecular complexity index is 2570. The average molecular weight is 651 g/mol. The normalized spacial score (nSPS) is 13.7. The fraction of sp³-hybridized carbons (Fsp3) is 0.0800. The number of fused-ring (bicyclic) bond motifs is 9. The van der Waals surface area contributed by atoms with Gasteiger partial charge in [0, 0.05) is 12.0 Å². The van der Waals surface area contributed by atoms with Crippen LogP contribution in [0.25, 0.3) is 99.4 Å². The Morgan fingerprint density at radius 1 is 0.431 bits per heavy atom. The molecule has 0 radical (unpaired) electrons. The highest BCUT2D eigenvalue weighted by Crippen LogP contribution is 2.56. The van der Waals surface area contributed by atoms with E-state index in [-0.39, 0.29) is 6.61 Å². The van der Waals surface area contributed by atoms with E-state index >= 15 is 0 Å². The van der Waals surface area contributed by atoms with Crippen molar-refractivity contribution in [2.24, 2.45) is 0 Å². The van der Waals surface area contributed by atoms with Crippen molar-refractivity contribution in [3.05, 3.63) is 169 Å². The van der Waals surface area contributed by atoms with Crippen LogP contribution in [0.15, 0.2) is 158 Å². The molecule has 0 aliphatic heterocycles. The third-order valence-electron chi connectivity index (χ3n) is 12.1. The smallest absolute Gasteiger partial charge is 0.0431 e. The second-order valence-electron chi connectivity index (χ2n) is 14.4. The summed E-state index contributed by atoms with van der Waals surface area (Å²) in [5.74, 6) is 0. The first-order chi connectivity index (χ1) is 25.2. The molecule has 0 aromatic heterocycles. The number of benzene rings is 8. The van der Waals surface area contributed by atoms with E-state index in [4.69, 9.17) is 0 Å². The highest BCUT2D eigenvalue weighted by atomic mass is 16.2. The second-order valence-corrected chi connectivity index (χ2v) is 14.4. The Morgan fingerprint density at radius 2 is 0.824 bits per heavy atom. The molecule has 51 heavy (non-hydrogen) atoms. The Hall–Kier alpha value is -6.02. The molecular formula is C50H34O. The molecule has 1 N–H and O–H groups in total. The van der Waals surface area contributed by atoms with E-state index in [0.717, 1.165) is 6.42 Å². The largest absolute Gasteiger partial charge is 0.396 e. The topological polar surface area (TPSA) is 20.2 Å². The van der Waals surface area contributed by atoms with Gasteiger partial charge < -0.3 is 5.11 Å². The summed E-state index contributed by atoms with van der Waals surface area (Å²) in [5, 5.41) is 15.4.